The van der Waals surface area contributed by atoms with Crippen LogP contribution in [0.1, 0.15) is 122 Å². The van der Waals surface area contributed by atoms with Gasteiger partial charge in [0, 0.05) is 63.0 Å². The number of rotatable bonds is 19. The number of hydrogen-bond acceptors (Lipinski definition) is 12. The van der Waals surface area contributed by atoms with E-state index in [1.807, 2.05) is 31.2 Å². The van der Waals surface area contributed by atoms with Crippen LogP contribution in [0.3, 0.4) is 0 Å². The Labute approximate surface area is 494 Å². The van der Waals surface area contributed by atoms with Crippen LogP contribution in [0.15, 0.2) is 65.8 Å². The Bertz CT molecular complexity index is 2890. The third-order valence-corrected chi connectivity index (χ3v) is 15.6. The number of unbranched alkanes of at least 4 members (excludes halogenated alkanes) is 1. The summed E-state index contributed by atoms with van der Waals surface area (Å²) in [6, 6.07) is 4.86. The number of hydrogen-bond donors (Lipinski definition) is 12. The van der Waals surface area contributed by atoms with Gasteiger partial charge in [0.1, 0.15) is 54.4 Å². The van der Waals surface area contributed by atoms with Gasteiger partial charge in [0.2, 0.25) is 65.0 Å². The average molecular weight is 1180 g/mol. The van der Waals surface area contributed by atoms with Crippen molar-refractivity contribution in [3.8, 4) is 0 Å². The molecule has 26 nitrogen and oxygen atoms in total. The number of primary amides is 1. The first-order valence-electron chi connectivity index (χ1n) is 29.6. The fourth-order valence-electron chi connectivity index (χ4n) is 11.1. The Morgan fingerprint density at radius 1 is 0.741 bits per heavy atom. The summed E-state index contributed by atoms with van der Waals surface area (Å²) in [5.74, 6) is -8.25. The molecule has 3 aliphatic heterocycles. The predicted octanol–water partition coefficient (Wildman–Crippen LogP) is -0.576. The van der Waals surface area contributed by atoms with E-state index >= 15 is 4.79 Å². The summed E-state index contributed by atoms with van der Waals surface area (Å²) >= 11 is 0. The molecule has 0 saturated carbocycles. The lowest BCUT2D eigenvalue weighted by Crippen LogP contribution is -2.61. The zero-order valence-electron chi connectivity index (χ0n) is 49.0. The molecule has 4 heterocycles. The van der Waals surface area contributed by atoms with Gasteiger partial charge in [-0.05, 0) is 87.3 Å². The maximum absolute atomic E-state index is 15.1. The van der Waals surface area contributed by atoms with Crippen LogP contribution in [0, 0.1) is 5.92 Å². The van der Waals surface area contributed by atoms with Crippen molar-refractivity contribution >= 4 is 81.8 Å². The molecule has 462 valence electrons. The van der Waals surface area contributed by atoms with Crippen molar-refractivity contribution in [2.75, 3.05) is 26.2 Å². The lowest BCUT2D eigenvalue weighted by Gasteiger charge is -2.31. The molecule has 0 spiro atoms. The smallest absolute Gasteiger partial charge is 0.246 e. The van der Waals surface area contributed by atoms with E-state index in [1.54, 1.807) is 50.4 Å². The number of likely N-dealkylation sites (tertiary alicyclic amines) is 1. The zero-order chi connectivity index (χ0) is 61.7. The fraction of sp³-hybridized carbons (Fsp3) is 0.559. The first kappa shape index (κ1) is 65.6. The Morgan fingerprint density at radius 2 is 1.41 bits per heavy atom. The lowest BCUT2D eigenvalue weighted by atomic mass is 10.0. The summed E-state index contributed by atoms with van der Waals surface area (Å²) in [5.41, 5.74) is 18.9. The number of amides is 11. The number of nitrogens with zero attached hydrogens (tertiary/aromatic N) is 3. The van der Waals surface area contributed by atoms with E-state index < -0.39 is 126 Å². The molecule has 3 aliphatic rings. The zero-order valence-corrected chi connectivity index (χ0v) is 49.0. The van der Waals surface area contributed by atoms with Gasteiger partial charge in [-0.1, -0.05) is 82.1 Å². The predicted molar refractivity (Wildman–Crippen MR) is 316 cm³/mol. The van der Waals surface area contributed by atoms with E-state index in [4.69, 9.17) is 17.2 Å². The third-order valence-electron chi connectivity index (χ3n) is 15.6. The normalized spacial score (nSPS) is 23.0. The number of para-hydroxylation sites is 1. The van der Waals surface area contributed by atoms with Gasteiger partial charge in [0.05, 0.1) is 6.42 Å². The number of nitrogens with one attached hydrogen (secondary N) is 9. The van der Waals surface area contributed by atoms with Gasteiger partial charge in [-0.2, -0.15) is 0 Å². The Balaban J connectivity index is 1.41. The van der Waals surface area contributed by atoms with Gasteiger partial charge >= 0.3 is 0 Å². The van der Waals surface area contributed by atoms with E-state index in [-0.39, 0.29) is 102 Å². The van der Waals surface area contributed by atoms with Crippen molar-refractivity contribution in [1.29, 1.82) is 0 Å². The minimum atomic E-state index is -1.51. The highest BCUT2D eigenvalue weighted by Gasteiger charge is 2.43. The van der Waals surface area contributed by atoms with Crippen LogP contribution in [0.5, 0.6) is 0 Å². The molecule has 3 saturated heterocycles. The largest absolute Gasteiger partial charge is 0.370 e. The Hall–Kier alpha value is -8.58. The van der Waals surface area contributed by atoms with Crippen molar-refractivity contribution < 1.29 is 52.7 Å². The van der Waals surface area contributed by atoms with Crippen molar-refractivity contribution in [2.24, 2.45) is 28.1 Å². The van der Waals surface area contributed by atoms with E-state index in [1.165, 1.54) is 16.7 Å². The van der Waals surface area contributed by atoms with Gasteiger partial charge in [0.15, 0.2) is 5.96 Å². The Morgan fingerprint density at radius 3 is 2.12 bits per heavy atom. The number of aliphatic imine (C=N–C) groups is 1. The first-order chi connectivity index (χ1) is 40.6. The molecule has 11 amide bonds. The molecule has 15 N–H and O–H groups in total. The van der Waals surface area contributed by atoms with Crippen LogP contribution in [0.4, 0.5) is 0 Å². The van der Waals surface area contributed by atoms with Gasteiger partial charge < -0.3 is 74.5 Å². The first-order valence-corrected chi connectivity index (χ1v) is 29.6. The van der Waals surface area contributed by atoms with Crippen molar-refractivity contribution in [3.05, 3.63) is 71.9 Å². The van der Waals surface area contributed by atoms with Crippen molar-refractivity contribution in [3.63, 3.8) is 0 Å². The quantitative estimate of drug-likeness (QED) is 0.0407. The average Bonchev–Trinajstić information content (AvgIpc) is 4.35. The standard InChI is InChI=1S/C59H85N15O11/c1-5-6-20-40(66-35(4)75)51(78)71-45-32-48(76)63-26-13-12-22-42(57(84)73-28-16-25-47(73)56(83)72-49(34(2)3)50(60)77)68-54(81)44(31-37-33-65-39-21-11-10-19-38(37)39)69-52(79)41(23-14-27-64-59(61)62)67-53(80)43(30-36-17-8-7-9-18-36)70-55(82)46-24-15-29-74(46)58(45)85/h7-11,17-19,21,33-34,40-47,49,65H,5-6,12-16,20,22-32H2,1-4H3,(H2,60,77)(H,63,76)(H,66,75)(H,67,80)(H,68,81)(H,69,79)(H,70,82)(H,71,78)(H,72,83)(H4,61,62,64)/t40-,41-,42-,43+,44-,45-,46-,47-,49-/m0/s1. The third kappa shape index (κ3) is 19.0. The van der Waals surface area contributed by atoms with Crippen LogP contribution >= 0.6 is 0 Å². The number of H-pyrrole nitrogens is 1. The number of benzene rings is 2. The molecule has 1 aromatic heterocycles. The van der Waals surface area contributed by atoms with Crippen molar-refractivity contribution in [1.82, 2.24) is 57.3 Å². The van der Waals surface area contributed by atoms with E-state index in [0.29, 0.717) is 36.8 Å². The summed E-state index contributed by atoms with van der Waals surface area (Å²) in [7, 11) is 0. The molecule has 85 heavy (non-hydrogen) atoms. The summed E-state index contributed by atoms with van der Waals surface area (Å²) in [6.45, 7) is 6.84. The molecular weight excluding hydrogens is 1090 g/mol. The minimum absolute atomic E-state index is 0.00835. The molecule has 0 aliphatic carbocycles. The molecule has 6 rings (SSSR count). The van der Waals surface area contributed by atoms with Crippen LogP contribution in [0.2, 0.25) is 0 Å². The lowest BCUT2D eigenvalue weighted by molar-refractivity contribution is -0.143. The highest BCUT2D eigenvalue weighted by Crippen LogP contribution is 2.24. The second-order valence-electron chi connectivity index (χ2n) is 22.5. The van der Waals surface area contributed by atoms with Gasteiger partial charge in [-0.3, -0.25) is 57.7 Å². The number of nitrogens with two attached hydrogens (primary N) is 3. The maximum atomic E-state index is 15.1. The van der Waals surface area contributed by atoms with E-state index in [0.717, 1.165) is 10.9 Å². The van der Waals surface area contributed by atoms with Crippen LogP contribution in [-0.4, -0.2) is 166 Å². The molecule has 0 unspecified atom stereocenters. The SMILES string of the molecule is CCCC[C@H](NC(C)=O)C(=O)N[C@H]1CC(=O)NCCCC[C@@H](C(=O)N2CCC[C@H]2C(=O)N[C@H](C(N)=O)C(C)C)NC(=O)[C@H](Cc2c[nH]c3ccccc23)NC(=O)[C@H](CCCN=C(N)N)NC(=O)[C@@H](Cc2ccccc2)NC(=O)[C@@H]2CCCN2C1=O. The van der Waals surface area contributed by atoms with E-state index in [9.17, 15) is 47.9 Å². The monoisotopic (exact) mass is 1180 g/mol. The van der Waals surface area contributed by atoms with Crippen LogP contribution in [0.25, 0.3) is 10.9 Å². The highest BCUT2D eigenvalue weighted by molar-refractivity contribution is 6.00. The number of fused-ring (bicyclic) bond motifs is 2. The van der Waals surface area contributed by atoms with Crippen molar-refractivity contribution in [2.45, 2.75) is 178 Å². The highest BCUT2D eigenvalue weighted by atomic mass is 16.2. The maximum Gasteiger partial charge on any atom is 0.246 e. The molecular formula is C59H85N15O11. The number of carbonyl (C=O) groups excluding carboxylic acids is 11. The number of guanidine groups is 1. The molecule has 2 aromatic carbocycles. The molecule has 9 atom stereocenters. The minimum Gasteiger partial charge on any atom is -0.370 e. The number of aromatic nitrogens is 1. The van der Waals surface area contributed by atoms with Gasteiger partial charge in [0.25, 0.3) is 0 Å². The van der Waals surface area contributed by atoms with Gasteiger partial charge in [-0.15, -0.1) is 0 Å². The summed E-state index contributed by atoms with van der Waals surface area (Å²) in [6.07, 6.45) is 4.08. The molecule has 0 radical (unpaired) electrons. The molecule has 0 bridgehead atoms. The topological polar surface area (TPSA) is 397 Å². The Kier molecular flexibility index (Phi) is 24.6. The molecule has 26 heteroatoms. The van der Waals surface area contributed by atoms with Gasteiger partial charge in [-0.25, -0.2) is 0 Å². The summed E-state index contributed by atoms with van der Waals surface area (Å²) < 4.78 is 0. The molecule has 3 fully saturated rings. The van der Waals surface area contributed by atoms with Crippen LogP contribution in [-0.2, 0) is 65.6 Å². The van der Waals surface area contributed by atoms with E-state index in [2.05, 4.69) is 52.5 Å². The molecule has 3 aromatic rings. The van der Waals surface area contributed by atoms with Crippen LogP contribution < -0.4 is 59.7 Å². The number of carbonyl (C=O) groups is 11. The second kappa shape index (κ2) is 31.9. The number of aromatic amines is 1. The summed E-state index contributed by atoms with van der Waals surface area (Å²) in [5, 5.41) is 23.0. The summed E-state index contributed by atoms with van der Waals surface area (Å²) in [4.78, 5) is 166. The second-order valence-corrected chi connectivity index (χ2v) is 22.5. The fourth-order valence-corrected chi connectivity index (χ4v) is 11.1.